The molecule has 0 unspecified atom stereocenters. The Morgan fingerprint density at radius 2 is 1.67 bits per heavy atom. The Kier molecular flexibility index (Phi) is 8.83. The molecule has 0 bridgehead atoms. The molecule has 3 heteroatoms. The van der Waals surface area contributed by atoms with Gasteiger partial charge >= 0.3 is 29.6 Å². The summed E-state index contributed by atoms with van der Waals surface area (Å²) in [5.41, 5.74) is 0.685. The molecule has 30 valence electrons. The summed E-state index contributed by atoms with van der Waals surface area (Å²) in [4.78, 5) is 0. The van der Waals surface area contributed by atoms with Gasteiger partial charge in [0.2, 0.25) is 0 Å². The Bertz CT molecular complexity index is 48.8. The predicted octanol–water partition coefficient (Wildman–Crippen LogP) is -2.14. The molecule has 1 N–H and O–H groups in total. The van der Waals surface area contributed by atoms with Crippen molar-refractivity contribution in [1.29, 1.82) is 0 Å². The van der Waals surface area contributed by atoms with Gasteiger partial charge in [0, 0.05) is 0 Å². The fourth-order valence-electron chi connectivity index (χ4n) is 0. The average Bonchev–Trinajstić information content (AvgIpc) is 1.38. The van der Waals surface area contributed by atoms with Gasteiger partial charge in [-0.15, -0.1) is 0 Å². The van der Waals surface area contributed by atoms with Crippen molar-refractivity contribution >= 4 is 5.71 Å². The minimum absolute atomic E-state index is 0. The van der Waals surface area contributed by atoms with Crippen LogP contribution >= 0.6 is 0 Å². The summed E-state index contributed by atoms with van der Waals surface area (Å²) in [7, 11) is 0. The molecule has 0 aromatic carbocycles. The zero-order chi connectivity index (χ0) is 4.28. The van der Waals surface area contributed by atoms with Gasteiger partial charge in [-0.3, -0.25) is 0 Å². The summed E-state index contributed by atoms with van der Waals surface area (Å²) in [5.74, 6) is 0. The van der Waals surface area contributed by atoms with Crippen LogP contribution in [0.25, 0.3) is 0 Å². The summed E-state index contributed by atoms with van der Waals surface area (Å²) >= 11 is 0. The van der Waals surface area contributed by atoms with Crippen molar-refractivity contribution < 1.29 is 34.8 Å². The maximum absolute atomic E-state index is 7.73. The molecule has 0 radical (unpaired) electrons. The van der Waals surface area contributed by atoms with Gasteiger partial charge in [-0.25, -0.2) is 0 Å². The van der Waals surface area contributed by atoms with E-state index in [0.29, 0.717) is 5.71 Å². The largest absolute Gasteiger partial charge is 1.00 e. The maximum atomic E-state index is 7.73. The van der Waals surface area contributed by atoms with E-state index in [1.54, 1.807) is 13.8 Å². The second-order valence-electron chi connectivity index (χ2n) is 1.05. The fraction of sp³-hybridized carbons (Fsp3) is 0.667. The van der Waals surface area contributed by atoms with Crippen molar-refractivity contribution in [2.75, 3.05) is 0 Å². The van der Waals surface area contributed by atoms with E-state index < -0.39 is 0 Å². The van der Waals surface area contributed by atoms with Crippen molar-refractivity contribution in [3.8, 4) is 0 Å². The smallest absolute Gasteiger partial charge is 0.411 e. The summed E-state index contributed by atoms with van der Waals surface area (Å²) in [5, 5.41) is 10.5. The van der Waals surface area contributed by atoms with Crippen molar-refractivity contribution in [2.24, 2.45) is 5.16 Å². The first-order valence-corrected chi connectivity index (χ1v) is 1.42. The molecule has 0 aromatic rings. The van der Waals surface area contributed by atoms with Gasteiger partial charge in [-0.05, 0) is 13.8 Å². The van der Waals surface area contributed by atoms with Crippen LogP contribution in [0.5, 0.6) is 0 Å². The monoisotopic (exact) mass is 96.0 g/mol. The summed E-state index contributed by atoms with van der Waals surface area (Å²) in [6.07, 6.45) is 0. The van der Waals surface area contributed by atoms with E-state index in [1.807, 2.05) is 0 Å². The SMILES string of the molecule is CC(C)=NO.[Na+]. The van der Waals surface area contributed by atoms with Crippen molar-refractivity contribution in [1.82, 2.24) is 0 Å². The van der Waals surface area contributed by atoms with Crippen LogP contribution in [0.15, 0.2) is 5.16 Å². The van der Waals surface area contributed by atoms with Gasteiger partial charge in [-0.1, -0.05) is 5.16 Å². The Morgan fingerprint density at radius 3 is 1.67 bits per heavy atom. The molecule has 0 aliphatic heterocycles. The Hall–Kier alpha value is 0.470. The molecule has 0 spiro atoms. The van der Waals surface area contributed by atoms with E-state index >= 15 is 0 Å². The Balaban J connectivity index is 0. The van der Waals surface area contributed by atoms with Gasteiger partial charge in [0.25, 0.3) is 0 Å². The Labute approximate surface area is 59.5 Å². The van der Waals surface area contributed by atoms with Crippen molar-refractivity contribution in [3.63, 3.8) is 0 Å². The third-order valence-electron chi connectivity index (χ3n) is 0.200. The fourth-order valence-corrected chi connectivity index (χ4v) is 0. The van der Waals surface area contributed by atoms with Crippen LogP contribution < -0.4 is 29.6 Å². The van der Waals surface area contributed by atoms with Crippen LogP contribution in [0.3, 0.4) is 0 Å². The van der Waals surface area contributed by atoms with Crippen LogP contribution in [0.4, 0.5) is 0 Å². The molecular formula is C3H7NNaO+. The number of nitrogens with zero attached hydrogens (tertiary/aromatic N) is 1. The molecule has 0 aromatic heterocycles. The second kappa shape index (κ2) is 5.47. The molecule has 0 aliphatic carbocycles. The van der Waals surface area contributed by atoms with E-state index in [9.17, 15) is 0 Å². The molecule has 0 atom stereocenters. The number of rotatable bonds is 0. The molecule has 0 saturated carbocycles. The molecule has 0 heterocycles. The minimum Gasteiger partial charge on any atom is -0.411 e. The zero-order valence-corrected chi connectivity index (χ0v) is 6.39. The van der Waals surface area contributed by atoms with Crippen LogP contribution in [0.2, 0.25) is 0 Å². The molecule has 0 saturated heterocycles. The van der Waals surface area contributed by atoms with Gasteiger partial charge in [-0.2, -0.15) is 0 Å². The third kappa shape index (κ3) is 8.82. The zero-order valence-electron chi connectivity index (χ0n) is 4.39. The normalized spacial score (nSPS) is 5.67. The standard InChI is InChI=1S/C3H7NO.Na/c1-3(2)4-5;/h5H,1-2H3;/q;+1. The van der Waals surface area contributed by atoms with E-state index in [0.717, 1.165) is 0 Å². The summed E-state index contributed by atoms with van der Waals surface area (Å²) in [6.45, 7) is 3.44. The van der Waals surface area contributed by atoms with Crippen LogP contribution in [-0.2, 0) is 0 Å². The van der Waals surface area contributed by atoms with Gasteiger partial charge in [0.15, 0.2) is 0 Å². The van der Waals surface area contributed by atoms with Gasteiger partial charge in [0.1, 0.15) is 0 Å². The predicted molar refractivity (Wildman–Crippen MR) is 20.6 cm³/mol. The van der Waals surface area contributed by atoms with Crippen LogP contribution in [-0.4, -0.2) is 10.9 Å². The van der Waals surface area contributed by atoms with Gasteiger partial charge < -0.3 is 5.21 Å². The molecule has 0 aliphatic rings. The summed E-state index contributed by atoms with van der Waals surface area (Å²) in [6, 6.07) is 0. The van der Waals surface area contributed by atoms with E-state index in [-0.39, 0.29) is 29.6 Å². The first-order valence-electron chi connectivity index (χ1n) is 1.42. The first kappa shape index (κ1) is 9.69. The summed E-state index contributed by atoms with van der Waals surface area (Å²) < 4.78 is 0. The quantitative estimate of drug-likeness (QED) is 0.159. The third-order valence-corrected chi connectivity index (χ3v) is 0.200. The maximum Gasteiger partial charge on any atom is 1.00 e. The van der Waals surface area contributed by atoms with Crippen molar-refractivity contribution in [3.05, 3.63) is 0 Å². The van der Waals surface area contributed by atoms with Crippen LogP contribution in [0, 0.1) is 0 Å². The molecule has 0 rings (SSSR count). The molecule has 0 amide bonds. The van der Waals surface area contributed by atoms with E-state index in [4.69, 9.17) is 5.21 Å². The first-order chi connectivity index (χ1) is 2.27. The molecule has 6 heavy (non-hydrogen) atoms. The number of hydrogen-bond acceptors (Lipinski definition) is 2. The number of oxime groups is 1. The van der Waals surface area contributed by atoms with E-state index in [2.05, 4.69) is 5.16 Å². The molecule has 2 nitrogen and oxygen atoms in total. The number of hydrogen-bond donors (Lipinski definition) is 1. The van der Waals surface area contributed by atoms with Crippen molar-refractivity contribution in [2.45, 2.75) is 13.8 Å². The van der Waals surface area contributed by atoms with Crippen LogP contribution in [0.1, 0.15) is 13.8 Å². The molecule has 0 fully saturated rings. The topological polar surface area (TPSA) is 32.6 Å². The average molecular weight is 96.1 g/mol. The second-order valence-corrected chi connectivity index (χ2v) is 1.05. The minimum atomic E-state index is 0. The Morgan fingerprint density at radius 1 is 1.50 bits per heavy atom. The van der Waals surface area contributed by atoms with E-state index in [1.165, 1.54) is 0 Å². The molecular weight excluding hydrogens is 89.0 g/mol. The van der Waals surface area contributed by atoms with Gasteiger partial charge in [0.05, 0.1) is 5.71 Å².